The summed E-state index contributed by atoms with van der Waals surface area (Å²) in [6, 6.07) is 4.46. The summed E-state index contributed by atoms with van der Waals surface area (Å²) in [6.07, 6.45) is 3.21. The third kappa shape index (κ3) is 4.11. The lowest BCUT2D eigenvalue weighted by Gasteiger charge is -2.17. The van der Waals surface area contributed by atoms with Crippen molar-refractivity contribution in [2.75, 3.05) is 13.6 Å². The summed E-state index contributed by atoms with van der Waals surface area (Å²) in [7, 11) is 1.75. The number of halogens is 2. The van der Waals surface area contributed by atoms with Gasteiger partial charge in [0.15, 0.2) is 0 Å². The molecule has 1 amide bonds. The van der Waals surface area contributed by atoms with E-state index in [9.17, 15) is 9.18 Å². The summed E-state index contributed by atoms with van der Waals surface area (Å²) in [4.78, 5) is 13.6. The first kappa shape index (κ1) is 14.2. The fourth-order valence-corrected chi connectivity index (χ4v) is 1.80. The van der Waals surface area contributed by atoms with Gasteiger partial charge in [-0.2, -0.15) is 0 Å². The Bertz CT molecular complexity index is 395. The SMILES string of the molecule is CCCCCN(C)C(=O)c1ccc(Br)c(F)c1. The van der Waals surface area contributed by atoms with Gasteiger partial charge in [-0.3, -0.25) is 4.79 Å². The predicted octanol–water partition coefficient (Wildman–Crippen LogP) is 3.85. The van der Waals surface area contributed by atoms with Crippen LogP contribution in [-0.4, -0.2) is 24.4 Å². The van der Waals surface area contributed by atoms with Crippen molar-refractivity contribution in [3.63, 3.8) is 0 Å². The van der Waals surface area contributed by atoms with E-state index in [2.05, 4.69) is 22.9 Å². The molecule has 1 aromatic carbocycles. The Morgan fingerprint density at radius 2 is 2.12 bits per heavy atom. The van der Waals surface area contributed by atoms with E-state index >= 15 is 0 Å². The molecule has 0 heterocycles. The molecule has 0 N–H and O–H groups in total. The molecule has 0 aliphatic heterocycles. The van der Waals surface area contributed by atoms with Gasteiger partial charge >= 0.3 is 0 Å². The van der Waals surface area contributed by atoms with Crippen molar-refractivity contribution < 1.29 is 9.18 Å². The van der Waals surface area contributed by atoms with Gasteiger partial charge in [0.1, 0.15) is 5.82 Å². The smallest absolute Gasteiger partial charge is 0.253 e. The molecule has 1 rings (SSSR count). The third-order valence-corrected chi connectivity index (χ3v) is 3.25. The molecule has 0 saturated carbocycles. The third-order valence-electron chi connectivity index (χ3n) is 2.61. The zero-order valence-corrected chi connectivity index (χ0v) is 11.8. The van der Waals surface area contributed by atoms with Crippen molar-refractivity contribution in [1.82, 2.24) is 4.90 Å². The molecular formula is C13H17BrFNO. The molecular weight excluding hydrogens is 285 g/mol. The summed E-state index contributed by atoms with van der Waals surface area (Å²) >= 11 is 3.07. The molecule has 17 heavy (non-hydrogen) atoms. The Kier molecular flexibility index (Phi) is 5.62. The van der Waals surface area contributed by atoms with Gasteiger partial charge in [-0.15, -0.1) is 0 Å². The minimum absolute atomic E-state index is 0.132. The Labute approximate surface area is 110 Å². The molecule has 1 aromatic rings. The number of nitrogens with zero attached hydrogens (tertiary/aromatic N) is 1. The molecule has 94 valence electrons. The molecule has 0 aliphatic carbocycles. The lowest BCUT2D eigenvalue weighted by molar-refractivity contribution is 0.0792. The standard InChI is InChI=1S/C13H17BrFNO/c1-3-4-5-8-16(2)13(17)10-6-7-11(14)12(15)9-10/h6-7,9H,3-5,8H2,1-2H3. The topological polar surface area (TPSA) is 20.3 Å². The van der Waals surface area contributed by atoms with Crippen LogP contribution in [0, 0.1) is 5.82 Å². The van der Waals surface area contributed by atoms with Crippen molar-refractivity contribution in [2.24, 2.45) is 0 Å². The molecule has 0 aromatic heterocycles. The zero-order chi connectivity index (χ0) is 12.8. The number of hydrogen-bond acceptors (Lipinski definition) is 1. The molecule has 0 aliphatic rings. The molecule has 0 bridgehead atoms. The maximum atomic E-state index is 13.3. The molecule has 2 nitrogen and oxygen atoms in total. The highest BCUT2D eigenvalue weighted by Crippen LogP contribution is 2.17. The van der Waals surface area contributed by atoms with E-state index in [0.717, 1.165) is 19.3 Å². The monoisotopic (exact) mass is 301 g/mol. The van der Waals surface area contributed by atoms with Gasteiger partial charge < -0.3 is 4.90 Å². The van der Waals surface area contributed by atoms with Gasteiger partial charge in [0.05, 0.1) is 4.47 Å². The van der Waals surface area contributed by atoms with Crippen LogP contribution in [0.4, 0.5) is 4.39 Å². The largest absolute Gasteiger partial charge is 0.342 e. The van der Waals surface area contributed by atoms with Crippen LogP contribution in [0.1, 0.15) is 36.5 Å². The summed E-state index contributed by atoms with van der Waals surface area (Å²) in [6.45, 7) is 2.83. The van der Waals surface area contributed by atoms with E-state index < -0.39 is 5.82 Å². The fraction of sp³-hybridized carbons (Fsp3) is 0.462. The van der Waals surface area contributed by atoms with Crippen molar-refractivity contribution in [2.45, 2.75) is 26.2 Å². The van der Waals surface area contributed by atoms with Crippen LogP contribution in [-0.2, 0) is 0 Å². The van der Waals surface area contributed by atoms with Crippen LogP contribution in [0.25, 0.3) is 0 Å². The summed E-state index contributed by atoms with van der Waals surface area (Å²) in [5.74, 6) is -0.537. The van der Waals surface area contributed by atoms with Gasteiger partial charge in [-0.05, 0) is 40.5 Å². The van der Waals surface area contributed by atoms with E-state index in [1.807, 2.05) is 0 Å². The highest BCUT2D eigenvalue weighted by atomic mass is 79.9. The summed E-state index contributed by atoms with van der Waals surface area (Å²) in [5, 5.41) is 0. The average Bonchev–Trinajstić information content (AvgIpc) is 2.32. The van der Waals surface area contributed by atoms with E-state index in [1.165, 1.54) is 6.07 Å². The Hall–Kier alpha value is -0.900. The van der Waals surface area contributed by atoms with Gasteiger partial charge in [-0.25, -0.2) is 4.39 Å². The van der Waals surface area contributed by atoms with Gasteiger partial charge in [0.2, 0.25) is 0 Å². The van der Waals surface area contributed by atoms with Gasteiger partial charge in [-0.1, -0.05) is 19.8 Å². The van der Waals surface area contributed by atoms with Crippen LogP contribution in [0.3, 0.4) is 0 Å². The molecule has 0 saturated heterocycles. The first-order valence-electron chi connectivity index (χ1n) is 5.76. The lowest BCUT2D eigenvalue weighted by atomic mass is 10.2. The predicted molar refractivity (Wildman–Crippen MR) is 70.6 cm³/mol. The minimum atomic E-state index is -0.405. The van der Waals surface area contributed by atoms with Crippen molar-refractivity contribution in [3.8, 4) is 0 Å². The Morgan fingerprint density at radius 3 is 2.71 bits per heavy atom. The van der Waals surface area contributed by atoms with Crippen LogP contribution >= 0.6 is 15.9 Å². The van der Waals surface area contributed by atoms with E-state index in [-0.39, 0.29) is 5.91 Å². The Morgan fingerprint density at radius 1 is 1.41 bits per heavy atom. The normalized spacial score (nSPS) is 10.4. The maximum absolute atomic E-state index is 13.3. The van der Waals surface area contributed by atoms with Crippen molar-refractivity contribution in [1.29, 1.82) is 0 Å². The highest BCUT2D eigenvalue weighted by molar-refractivity contribution is 9.10. The number of carbonyl (C=O) groups is 1. The molecule has 0 radical (unpaired) electrons. The van der Waals surface area contributed by atoms with Gasteiger partial charge in [0.25, 0.3) is 5.91 Å². The maximum Gasteiger partial charge on any atom is 0.253 e. The lowest BCUT2D eigenvalue weighted by Crippen LogP contribution is -2.27. The molecule has 0 atom stereocenters. The number of unbranched alkanes of at least 4 members (excludes halogenated alkanes) is 2. The second-order valence-electron chi connectivity index (χ2n) is 4.06. The number of benzene rings is 1. The fourth-order valence-electron chi connectivity index (χ4n) is 1.55. The second-order valence-corrected chi connectivity index (χ2v) is 4.92. The number of rotatable bonds is 5. The molecule has 4 heteroatoms. The van der Waals surface area contributed by atoms with Crippen LogP contribution < -0.4 is 0 Å². The molecule has 0 spiro atoms. The molecule has 0 unspecified atom stereocenters. The number of carbonyl (C=O) groups excluding carboxylic acids is 1. The first-order chi connectivity index (χ1) is 8.06. The Balaban J connectivity index is 2.65. The minimum Gasteiger partial charge on any atom is -0.342 e. The van der Waals surface area contributed by atoms with Crippen LogP contribution in [0.2, 0.25) is 0 Å². The van der Waals surface area contributed by atoms with E-state index in [0.29, 0.717) is 16.6 Å². The molecule has 0 fully saturated rings. The number of hydrogen-bond donors (Lipinski definition) is 0. The summed E-state index contributed by atoms with van der Waals surface area (Å²) < 4.78 is 13.7. The van der Waals surface area contributed by atoms with Crippen molar-refractivity contribution in [3.05, 3.63) is 34.1 Å². The van der Waals surface area contributed by atoms with Crippen LogP contribution in [0.15, 0.2) is 22.7 Å². The van der Waals surface area contributed by atoms with Crippen molar-refractivity contribution >= 4 is 21.8 Å². The van der Waals surface area contributed by atoms with Gasteiger partial charge in [0, 0.05) is 19.2 Å². The first-order valence-corrected chi connectivity index (χ1v) is 6.56. The van der Waals surface area contributed by atoms with E-state index in [4.69, 9.17) is 0 Å². The second kappa shape index (κ2) is 6.74. The summed E-state index contributed by atoms with van der Waals surface area (Å²) in [5.41, 5.74) is 0.393. The zero-order valence-electron chi connectivity index (χ0n) is 10.2. The number of amides is 1. The quantitative estimate of drug-likeness (QED) is 0.757. The van der Waals surface area contributed by atoms with E-state index in [1.54, 1.807) is 24.1 Å². The van der Waals surface area contributed by atoms with Crippen LogP contribution in [0.5, 0.6) is 0 Å². The average molecular weight is 302 g/mol. The highest BCUT2D eigenvalue weighted by Gasteiger charge is 2.12.